The second-order valence-corrected chi connectivity index (χ2v) is 9.36. The van der Waals surface area contributed by atoms with Crippen LogP contribution in [0.5, 0.6) is 28.7 Å². The summed E-state index contributed by atoms with van der Waals surface area (Å²) in [4.78, 5) is 13.0. The largest absolute Gasteiger partial charge is 0.493 e. The SMILES string of the molecule is CCOc1c(OC)cc2c(c1OC)c(-c1ccc3c(c1)OCCO3)c(C(=O)O)n2Cc1ccc2nsnc2c1. The maximum atomic E-state index is 13.0. The van der Waals surface area contributed by atoms with Crippen molar-refractivity contribution >= 4 is 39.6 Å². The Morgan fingerprint density at radius 2 is 1.79 bits per heavy atom. The van der Waals surface area contributed by atoms with Crippen LogP contribution >= 0.6 is 11.7 Å². The van der Waals surface area contributed by atoms with E-state index in [4.69, 9.17) is 23.7 Å². The number of aromatic nitrogens is 3. The van der Waals surface area contributed by atoms with E-state index >= 15 is 0 Å². The number of carboxylic acid groups (broad SMARTS) is 1. The molecule has 200 valence electrons. The standard InChI is InChI=1S/C28H25N3O7S/c1-4-36-26-22(34-2)13-19-24(27(26)35-3)23(16-6-8-20-21(12-16)38-10-9-37-20)25(28(32)33)31(19)14-15-5-7-17-18(11-15)30-39-29-17/h5-8,11-13H,4,9-10,14H2,1-3H3,(H,32,33). The van der Waals surface area contributed by atoms with Crippen molar-refractivity contribution in [2.75, 3.05) is 34.0 Å². The summed E-state index contributed by atoms with van der Waals surface area (Å²) in [5.41, 5.74) is 4.25. The fourth-order valence-corrected chi connectivity index (χ4v) is 5.55. The predicted molar refractivity (Wildman–Crippen MR) is 146 cm³/mol. The number of nitrogens with zero attached hydrogens (tertiary/aromatic N) is 3. The Balaban J connectivity index is 1.68. The van der Waals surface area contributed by atoms with Gasteiger partial charge in [-0.05, 0) is 42.3 Å². The van der Waals surface area contributed by atoms with Gasteiger partial charge in [0.1, 0.15) is 29.9 Å². The van der Waals surface area contributed by atoms with Gasteiger partial charge >= 0.3 is 5.97 Å². The second kappa shape index (κ2) is 9.99. The molecule has 10 nitrogen and oxygen atoms in total. The Morgan fingerprint density at radius 3 is 2.54 bits per heavy atom. The molecule has 3 heterocycles. The summed E-state index contributed by atoms with van der Waals surface area (Å²) >= 11 is 1.14. The van der Waals surface area contributed by atoms with E-state index in [0.29, 0.717) is 70.6 Å². The van der Waals surface area contributed by atoms with E-state index in [1.165, 1.54) is 7.11 Å². The van der Waals surface area contributed by atoms with Crippen molar-refractivity contribution in [2.45, 2.75) is 13.5 Å². The summed E-state index contributed by atoms with van der Waals surface area (Å²) < 4.78 is 39.4. The average Bonchev–Trinajstić information content (AvgIpc) is 3.55. The van der Waals surface area contributed by atoms with Gasteiger partial charge in [-0.3, -0.25) is 0 Å². The molecule has 39 heavy (non-hydrogen) atoms. The first kappa shape index (κ1) is 24.8. The van der Waals surface area contributed by atoms with Crippen molar-refractivity contribution in [1.82, 2.24) is 13.3 Å². The Labute approximate surface area is 227 Å². The molecule has 0 aliphatic carbocycles. The molecule has 11 heteroatoms. The lowest BCUT2D eigenvalue weighted by molar-refractivity contribution is 0.0687. The molecule has 0 fully saturated rings. The molecule has 0 unspecified atom stereocenters. The number of methoxy groups -OCH3 is 2. The lowest BCUT2D eigenvalue weighted by Gasteiger charge is -2.19. The Kier molecular flexibility index (Phi) is 6.35. The minimum atomic E-state index is -1.09. The van der Waals surface area contributed by atoms with E-state index in [1.54, 1.807) is 29.9 Å². The summed E-state index contributed by atoms with van der Waals surface area (Å²) in [7, 11) is 3.07. The number of hydrogen-bond acceptors (Lipinski definition) is 9. The minimum absolute atomic E-state index is 0.0900. The van der Waals surface area contributed by atoms with Gasteiger partial charge in [-0.1, -0.05) is 12.1 Å². The van der Waals surface area contributed by atoms with Crippen LogP contribution in [0.4, 0.5) is 0 Å². The highest BCUT2D eigenvalue weighted by Gasteiger charge is 2.30. The first-order valence-electron chi connectivity index (χ1n) is 12.3. The third-order valence-electron chi connectivity index (χ3n) is 6.63. The Hall–Kier alpha value is -4.51. The minimum Gasteiger partial charge on any atom is -0.493 e. The average molecular weight is 548 g/mol. The van der Waals surface area contributed by atoms with Crippen molar-refractivity contribution in [3.8, 4) is 39.9 Å². The van der Waals surface area contributed by atoms with Gasteiger partial charge in [0, 0.05) is 18.2 Å². The smallest absolute Gasteiger partial charge is 0.353 e. The van der Waals surface area contributed by atoms with E-state index < -0.39 is 5.97 Å². The number of ether oxygens (including phenoxy) is 5. The van der Waals surface area contributed by atoms with Crippen LogP contribution in [0.2, 0.25) is 0 Å². The summed E-state index contributed by atoms with van der Waals surface area (Å²) in [5, 5.41) is 11.2. The van der Waals surface area contributed by atoms with Crippen LogP contribution < -0.4 is 23.7 Å². The van der Waals surface area contributed by atoms with Crippen LogP contribution in [-0.2, 0) is 6.54 Å². The van der Waals surface area contributed by atoms with Gasteiger partial charge in [0.05, 0.1) is 43.5 Å². The summed E-state index contributed by atoms with van der Waals surface area (Å²) in [6.07, 6.45) is 0. The molecule has 3 aromatic carbocycles. The molecule has 0 radical (unpaired) electrons. The van der Waals surface area contributed by atoms with Crippen molar-refractivity contribution in [2.24, 2.45) is 0 Å². The molecule has 1 N–H and O–H groups in total. The summed E-state index contributed by atoms with van der Waals surface area (Å²) in [6, 6.07) is 12.9. The second-order valence-electron chi connectivity index (χ2n) is 8.83. The number of rotatable bonds is 8. The quantitative estimate of drug-likeness (QED) is 0.278. The predicted octanol–water partition coefficient (Wildman–Crippen LogP) is 5.25. The number of fused-ring (bicyclic) bond motifs is 3. The van der Waals surface area contributed by atoms with Gasteiger partial charge < -0.3 is 33.4 Å². The first-order valence-corrected chi connectivity index (χ1v) is 13.1. The number of hydrogen-bond donors (Lipinski definition) is 1. The molecule has 0 spiro atoms. The molecule has 5 aromatic rings. The van der Waals surface area contributed by atoms with Gasteiger partial charge in [-0.25, -0.2) is 4.79 Å². The van der Waals surface area contributed by atoms with E-state index in [1.807, 2.05) is 31.2 Å². The van der Waals surface area contributed by atoms with Gasteiger partial charge in [0.25, 0.3) is 0 Å². The van der Waals surface area contributed by atoms with Crippen molar-refractivity contribution in [3.63, 3.8) is 0 Å². The Bertz CT molecular complexity index is 1730. The fraction of sp³-hybridized carbons (Fsp3) is 0.250. The van der Waals surface area contributed by atoms with Crippen LogP contribution in [0.1, 0.15) is 23.0 Å². The topological polar surface area (TPSA) is 114 Å². The van der Waals surface area contributed by atoms with E-state index in [0.717, 1.165) is 28.3 Å². The third kappa shape index (κ3) is 4.15. The number of carbonyl (C=O) groups is 1. The molecule has 6 rings (SSSR count). The highest BCUT2D eigenvalue weighted by molar-refractivity contribution is 7.00. The first-order chi connectivity index (χ1) is 19.0. The number of benzene rings is 3. The van der Waals surface area contributed by atoms with Gasteiger partial charge in [-0.15, -0.1) is 0 Å². The summed E-state index contributed by atoms with van der Waals surface area (Å²) in [6.45, 7) is 3.35. The molecule has 2 aromatic heterocycles. The number of aromatic carboxylic acids is 1. The highest BCUT2D eigenvalue weighted by Crippen LogP contribution is 2.50. The van der Waals surface area contributed by atoms with Gasteiger partial charge in [0.15, 0.2) is 23.0 Å². The number of carboxylic acids is 1. The maximum absolute atomic E-state index is 13.0. The molecule has 1 aliphatic heterocycles. The third-order valence-corrected chi connectivity index (χ3v) is 7.19. The normalized spacial score (nSPS) is 12.6. The zero-order valence-corrected chi connectivity index (χ0v) is 22.3. The molecular weight excluding hydrogens is 522 g/mol. The highest BCUT2D eigenvalue weighted by atomic mass is 32.1. The molecule has 0 atom stereocenters. The van der Waals surface area contributed by atoms with Crippen LogP contribution in [0.15, 0.2) is 42.5 Å². The van der Waals surface area contributed by atoms with E-state index in [-0.39, 0.29) is 12.2 Å². The zero-order chi connectivity index (χ0) is 27.1. The van der Waals surface area contributed by atoms with Crippen LogP contribution in [0.25, 0.3) is 33.1 Å². The maximum Gasteiger partial charge on any atom is 0.353 e. The summed E-state index contributed by atoms with van der Waals surface area (Å²) in [5.74, 6) is 1.29. The van der Waals surface area contributed by atoms with Gasteiger partial charge in [-0.2, -0.15) is 8.75 Å². The molecule has 0 saturated carbocycles. The molecule has 1 aliphatic rings. The van der Waals surface area contributed by atoms with Gasteiger partial charge in [0.2, 0.25) is 5.75 Å². The zero-order valence-electron chi connectivity index (χ0n) is 21.5. The molecular formula is C28H25N3O7S. The van der Waals surface area contributed by atoms with Crippen molar-refractivity contribution < 1.29 is 33.6 Å². The van der Waals surface area contributed by atoms with Crippen molar-refractivity contribution in [3.05, 3.63) is 53.7 Å². The molecule has 0 saturated heterocycles. The van der Waals surface area contributed by atoms with Crippen molar-refractivity contribution in [1.29, 1.82) is 0 Å². The van der Waals surface area contributed by atoms with E-state index in [2.05, 4.69) is 8.75 Å². The Morgan fingerprint density at radius 1 is 1.00 bits per heavy atom. The van der Waals surface area contributed by atoms with Crippen LogP contribution in [0, 0.1) is 0 Å². The monoisotopic (exact) mass is 547 g/mol. The van der Waals surface area contributed by atoms with E-state index in [9.17, 15) is 9.90 Å². The van der Waals surface area contributed by atoms with Crippen LogP contribution in [-0.4, -0.2) is 58.4 Å². The molecule has 0 bridgehead atoms. The van der Waals surface area contributed by atoms with Crippen LogP contribution in [0.3, 0.4) is 0 Å². The fourth-order valence-electron chi connectivity index (χ4n) is 5.03. The lowest BCUT2D eigenvalue weighted by atomic mass is 9.99. The molecule has 0 amide bonds. The lowest BCUT2D eigenvalue weighted by Crippen LogP contribution is -2.15.